The van der Waals surface area contributed by atoms with Crippen molar-refractivity contribution in [3.63, 3.8) is 0 Å². The zero-order valence-electron chi connectivity index (χ0n) is 15.9. The van der Waals surface area contributed by atoms with Gasteiger partial charge in [0.05, 0.1) is 43.8 Å². The van der Waals surface area contributed by atoms with Crippen LogP contribution in [0.4, 0.5) is 0 Å². The molecule has 0 saturated carbocycles. The lowest BCUT2D eigenvalue weighted by Crippen LogP contribution is -2.57. The van der Waals surface area contributed by atoms with E-state index in [1.165, 1.54) is 14.2 Å². The fourth-order valence-electron chi connectivity index (χ4n) is 3.97. The van der Waals surface area contributed by atoms with Gasteiger partial charge < -0.3 is 14.6 Å². The van der Waals surface area contributed by atoms with E-state index in [9.17, 15) is 14.7 Å². The molecule has 1 aliphatic rings. The molecule has 3 heterocycles. The maximum atomic E-state index is 12.6. The van der Waals surface area contributed by atoms with Crippen LogP contribution < -0.4 is 0 Å². The number of carbonyl (C=O) groups excluding carboxylic acids is 2. The van der Waals surface area contributed by atoms with Gasteiger partial charge >= 0.3 is 11.9 Å². The maximum absolute atomic E-state index is 12.6. The highest BCUT2D eigenvalue weighted by molar-refractivity contribution is 5.79. The Balaban J connectivity index is 2.16. The van der Waals surface area contributed by atoms with Crippen LogP contribution in [0.5, 0.6) is 0 Å². The quantitative estimate of drug-likeness (QED) is 0.782. The largest absolute Gasteiger partial charge is 0.469 e. The van der Waals surface area contributed by atoms with E-state index in [1.54, 1.807) is 55.8 Å². The average molecular weight is 385 g/mol. The minimum absolute atomic E-state index is 0.587. The third-order valence-corrected chi connectivity index (χ3v) is 5.22. The molecule has 28 heavy (non-hydrogen) atoms. The summed E-state index contributed by atoms with van der Waals surface area (Å²) in [7, 11) is 4.28. The highest BCUT2D eigenvalue weighted by Gasteiger charge is 2.55. The number of likely N-dealkylation sites (tertiary alicyclic amines) is 1. The van der Waals surface area contributed by atoms with E-state index >= 15 is 0 Å². The van der Waals surface area contributed by atoms with Crippen LogP contribution in [0.3, 0.4) is 0 Å². The van der Waals surface area contributed by atoms with Crippen molar-refractivity contribution in [1.82, 2.24) is 14.9 Å². The monoisotopic (exact) mass is 385 g/mol. The number of esters is 2. The number of aromatic nitrogens is 2. The van der Waals surface area contributed by atoms with E-state index in [1.807, 2.05) is 4.90 Å². The van der Waals surface area contributed by atoms with Gasteiger partial charge in [0.2, 0.25) is 0 Å². The highest BCUT2D eigenvalue weighted by atomic mass is 16.5. The molecule has 0 aliphatic carbocycles. The third kappa shape index (κ3) is 3.48. The maximum Gasteiger partial charge on any atom is 0.313 e. The molecule has 1 fully saturated rings. The predicted octanol–water partition coefficient (Wildman–Crippen LogP) is 1.14. The van der Waals surface area contributed by atoms with Gasteiger partial charge in [0, 0.05) is 12.4 Å². The SMILES string of the molecule is COC(=O)C1C(O)C(C(=O)OC)C(c2ccccn2)N(C)C1c1ccccn1. The second-order valence-corrected chi connectivity index (χ2v) is 6.65. The van der Waals surface area contributed by atoms with Crippen molar-refractivity contribution < 1.29 is 24.2 Å². The fourth-order valence-corrected chi connectivity index (χ4v) is 3.97. The van der Waals surface area contributed by atoms with Crippen LogP contribution in [0.1, 0.15) is 23.5 Å². The smallest absolute Gasteiger partial charge is 0.313 e. The number of nitrogens with zero attached hydrogens (tertiary/aromatic N) is 3. The summed E-state index contributed by atoms with van der Waals surface area (Å²) in [6.07, 6.45) is 1.90. The van der Waals surface area contributed by atoms with Crippen molar-refractivity contribution >= 4 is 11.9 Å². The minimum atomic E-state index is -1.34. The number of pyridine rings is 2. The predicted molar refractivity (Wildman–Crippen MR) is 98.7 cm³/mol. The first-order valence-corrected chi connectivity index (χ1v) is 8.88. The van der Waals surface area contributed by atoms with Crippen LogP contribution in [0.25, 0.3) is 0 Å². The summed E-state index contributed by atoms with van der Waals surface area (Å²) in [5.41, 5.74) is 1.17. The molecule has 4 unspecified atom stereocenters. The zero-order chi connectivity index (χ0) is 20.3. The molecule has 4 atom stereocenters. The van der Waals surface area contributed by atoms with Gasteiger partial charge in [-0.3, -0.25) is 24.5 Å². The normalized spacial score (nSPS) is 27.8. The lowest BCUT2D eigenvalue weighted by molar-refractivity contribution is -0.177. The van der Waals surface area contributed by atoms with Crippen molar-refractivity contribution in [2.45, 2.75) is 18.2 Å². The molecule has 8 heteroatoms. The van der Waals surface area contributed by atoms with Crippen LogP contribution in [-0.2, 0) is 19.1 Å². The van der Waals surface area contributed by atoms with Gasteiger partial charge in [-0.1, -0.05) is 12.1 Å². The molecule has 0 bridgehead atoms. The molecule has 3 rings (SSSR count). The number of carbonyl (C=O) groups is 2. The molecule has 0 aromatic carbocycles. The summed E-state index contributed by atoms with van der Waals surface area (Å²) >= 11 is 0. The number of ether oxygens (including phenoxy) is 2. The molecule has 1 aliphatic heterocycles. The number of rotatable bonds is 4. The number of hydrogen-bond acceptors (Lipinski definition) is 8. The molecule has 0 amide bonds. The molecule has 8 nitrogen and oxygen atoms in total. The van der Waals surface area contributed by atoms with E-state index in [-0.39, 0.29) is 0 Å². The molecule has 1 saturated heterocycles. The first-order chi connectivity index (χ1) is 13.5. The number of methoxy groups -OCH3 is 2. The van der Waals surface area contributed by atoms with Crippen molar-refractivity contribution in [2.24, 2.45) is 11.8 Å². The summed E-state index contributed by atoms with van der Waals surface area (Å²) in [6.45, 7) is 0. The Morgan fingerprint density at radius 3 is 1.64 bits per heavy atom. The molecule has 2 aromatic rings. The Kier molecular flexibility index (Phi) is 6.01. The summed E-state index contributed by atoms with van der Waals surface area (Å²) < 4.78 is 9.88. The number of piperidine rings is 1. The highest BCUT2D eigenvalue weighted by Crippen LogP contribution is 2.47. The van der Waals surface area contributed by atoms with E-state index < -0.39 is 42.0 Å². The number of aliphatic hydroxyl groups is 1. The standard InChI is InChI=1S/C20H23N3O5/c1-23-16(12-8-4-6-10-21-12)14(19(25)27-2)18(24)15(20(26)28-3)17(23)13-9-5-7-11-22-13/h4-11,14-18,24H,1-3H3. The second kappa shape index (κ2) is 8.45. The van der Waals surface area contributed by atoms with Gasteiger partial charge in [-0.2, -0.15) is 0 Å². The van der Waals surface area contributed by atoms with E-state index in [0.29, 0.717) is 11.4 Å². The summed E-state index contributed by atoms with van der Waals surface area (Å²) in [5.74, 6) is -3.28. The molecule has 0 radical (unpaired) electrons. The Morgan fingerprint density at radius 1 is 0.893 bits per heavy atom. The molecular weight excluding hydrogens is 362 g/mol. The number of hydrogen-bond donors (Lipinski definition) is 1. The van der Waals surface area contributed by atoms with Gasteiger partial charge in [-0.15, -0.1) is 0 Å². The zero-order valence-corrected chi connectivity index (χ0v) is 15.9. The molecule has 1 N–H and O–H groups in total. The van der Waals surface area contributed by atoms with Crippen LogP contribution in [0, 0.1) is 11.8 Å². The Labute approximate surface area is 163 Å². The first kappa shape index (κ1) is 19.9. The topological polar surface area (TPSA) is 102 Å². The summed E-state index contributed by atoms with van der Waals surface area (Å²) in [4.78, 5) is 35.8. The van der Waals surface area contributed by atoms with Crippen LogP contribution in [-0.4, -0.2) is 59.3 Å². The molecular formula is C20H23N3O5. The second-order valence-electron chi connectivity index (χ2n) is 6.65. The van der Waals surface area contributed by atoms with Gasteiger partial charge in [-0.25, -0.2) is 0 Å². The van der Waals surface area contributed by atoms with E-state index in [0.717, 1.165) is 0 Å². The van der Waals surface area contributed by atoms with Crippen LogP contribution in [0.2, 0.25) is 0 Å². The van der Waals surface area contributed by atoms with Crippen molar-refractivity contribution in [2.75, 3.05) is 21.3 Å². The van der Waals surface area contributed by atoms with Gasteiger partial charge in [0.15, 0.2) is 0 Å². The van der Waals surface area contributed by atoms with Gasteiger partial charge in [0.1, 0.15) is 11.8 Å². The lowest BCUT2D eigenvalue weighted by atomic mass is 9.73. The molecule has 148 valence electrons. The lowest BCUT2D eigenvalue weighted by Gasteiger charge is -2.48. The van der Waals surface area contributed by atoms with Crippen molar-refractivity contribution in [3.05, 3.63) is 60.2 Å². The van der Waals surface area contributed by atoms with Crippen molar-refractivity contribution in [1.29, 1.82) is 0 Å². The Hall–Kier alpha value is -2.84. The summed E-state index contributed by atoms with van der Waals surface area (Å²) in [6, 6.07) is 9.47. The molecule has 0 spiro atoms. The Bertz CT molecular complexity index is 750. The van der Waals surface area contributed by atoms with Crippen LogP contribution in [0.15, 0.2) is 48.8 Å². The van der Waals surface area contributed by atoms with Crippen molar-refractivity contribution in [3.8, 4) is 0 Å². The number of aliphatic hydroxyl groups excluding tert-OH is 1. The first-order valence-electron chi connectivity index (χ1n) is 8.88. The third-order valence-electron chi connectivity index (χ3n) is 5.22. The van der Waals surface area contributed by atoms with E-state index in [2.05, 4.69) is 9.97 Å². The van der Waals surface area contributed by atoms with Crippen LogP contribution >= 0.6 is 0 Å². The average Bonchev–Trinajstić information content (AvgIpc) is 2.74. The van der Waals surface area contributed by atoms with Gasteiger partial charge in [-0.05, 0) is 31.3 Å². The minimum Gasteiger partial charge on any atom is -0.469 e. The Morgan fingerprint density at radius 2 is 1.32 bits per heavy atom. The summed E-state index contributed by atoms with van der Waals surface area (Å²) in [5, 5.41) is 11.1. The fraction of sp³-hybridized carbons (Fsp3) is 0.400. The molecule has 2 aromatic heterocycles. The van der Waals surface area contributed by atoms with Gasteiger partial charge in [0.25, 0.3) is 0 Å². The van der Waals surface area contributed by atoms with E-state index in [4.69, 9.17) is 9.47 Å².